The molecule has 0 N–H and O–H groups in total. The first-order chi connectivity index (χ1) is 18.4. The van der Waals surface area contributed by atoms with Crippen molar-refractivity contribution in [2.45, 2.75) is 53.4 Å². The van der Waals surface area contributed by atoms with Crippen molar-refractivity contribution in [3.8, 4) is 16.9 Å². The van der Waals surface area contributed by atoms with E-state index in [1.165, 1.54) is 17.0 Å². The summed E-state index contributed by atoms with van der Waals surface area (Å²) in [6.07, 6.45) is -0.599. The molecule has 0 unspecified atom stereocenters. The lowest BCUT2D eigenvalue weighted by molar-refractivity contribution is 0.0587. The normalized spacial score (nSPS) is 11.6. The third-order valence-electron chi connectivity index (χ3n) is 6.13. The van der Waals surface area contributed by atoms with Crippen LogP contribution in [0.3, 0.4) is 0 Å². The fraction of sp³-hybridized carbons (Fsp3) is 0.312. The summed E-state index contributed by atoms with van der Waals surface area (Å²) in [5.41, 5.74) is 1.31. The van der Waals surface area contributed by atoms with Gasteiger partial charge in [0, 0.05) is 29.9 Å². The number of ether oxygens (including phenoxy) is 2. The molecule has 39 heavy (non-hydrogen) atoms. The average Bonchev–Trinajstić information content (AvgIpc) is 2.88. The van der Waals surface area contributed by atoms with E-state index in [1.54, 1.807) is 56.7 Å². The van der Waals surface area contributed by atoms with E-state index in [0.717, 1.165) is 5.56 Å². The topological polar surface area (TPSA) is 60.8 Å². The number of halogens is 1. The molecule has 7 heteroatoms. The van der Waals surface area contributed by atoms with Gasteiger partial charge in [-0.25, -0.2) is 9.18 Å². The van der Waals surface area contributed by atoms with Crippen molar-refractivity contribution in [2.24, 2.45) is 5.92 Å². The molecule has 0 aliphatic carbocycles. The standard InChI is InChI=1S/C32H35FN2O4/c1-21(2)19-35-29(34(6)31(37)39-32(3,4)5)28(23-12-14-24(33)15-13-23)27-18-25(16-17-26(27)30(35)36)38-20-22-10-8-7-9-11-22/h7-18,21H,19-20H2,1-6H3. The van der Waals surface area contributed by atoms with Gasteiger partial charge in [-0.05, 0) is 68.1 Å². The highest BCUT2D eigenvalue weighted by Gasteiger charge is 2.28. The third kappa shape index (κ3) is 6.48. The molecule has 0 aliphatic rings. The summed E-state index contributed by atoms with van der Waals surface area (Å²) in [5, 5.41) is 1.07. The van der Waals surface area contributed by atoms with Crippen LogP contribution in [0.15, 0.2) is 77.6 Å². The second-order valence-corrected chi connectivity index (χ2v) is 11.0. The molecule has 0 atom stereocenters. The molecule has 1 aromatic heterocycles. The van der Waals surface area contributed by atoms with Gasteiger partial charge in [-0.15, -0.1) is 0 Å². The van der Waals surface area contributed by atoms with Crippen LogP contribution in [-0.2, 0) is 17.9 Å². The van der Waals surface area contributed by atoms with Gasteiger partial charge in [0.1, 0.15) is 29.6 Å². The van der Waals surface area contributed by atoms with E-state index < -0.39 is 11.7 Å². The summed E-state index contributed by atoms with van der Waals surface area (Å²) in [6.45, 7) is 10.1. The van der Waals surface area contributed by atoms with Gasteiger partial charge in [0.25, 0.3) is 5.56 Å². The molecule has 0 spiro atoms. The molecule has 1 amide bonds. The molecule has 6 nitrogen and oxygen atoms in total. The number of rotatable bonds is 7. The van der Waals surface area contributed by atoms with E-state index in [0.29, 0.717) is 46.6 Å². The van der Waals surface area contributed by atoms with Crippen molar-refractivity contribution in [2.75, 3.05) is 11.9 Å². The first kappa shape index (κ1) is 27.9. The lowest BCUT2D eigenvalue weighted by atomic mass is 9.98. The van der Waals surface area contributed by atoms with Crippen LogP contribution in [-0.4, -0.2) is 23.3 Å². The summed E-state index contributed by atoms with van der Waals surface area (Å²) in [6, 6.07) is 21.2. The number of nitrogens with zero attached hydrogens (tertiary/aromatic N) is 2. The maximum Gasteiger partial charge on any atom is 0.415 e. The highest BCUT2D eigenvalue weighted by Crippen LogP contribution is 2.38. The van der Waals surface area contributed by atoms with Crippen LogP contribution < -0.4 is 15.2 Å². The Morgan fingerprint density at radius 1 is 0.974 bits per heavy atom. The van der Waals surface area contributed by atoms with Gasteiger partial charge in [-0.3, -0.25) is 14.3 Å². The number of carbonyl (C=O) groups is 1. The van der Waals surface area contributed by atoms with Crippen LogP contribution in [0, 0.1) is 11.7 Å². The number of aromatic nitrogens is 1. The summed E-state index contributed by atoms with van der Waals surface area (Å²) in [5.74, 6) is 0.678. The number of fused-ring (bicyclic) bond motifs is 1. The van der Waals surface area contributed by atoms with Crippen molar-refractivity contribution in [1.29, 1.82) is 0 Å². The fourth-order valence-corrected chi connectivity index (χ4v) is 4.45. The minimum Gasteiger partial charge on any atom is -0.489 e. The highest BCUT2D eigenvalue weighted by atomic mass is 19.1. The van der Waals surface area contributed by atoms with Gasteiger partial charge >= 0.3 is 6.09 Å². The van der Waals surface area contributed by atoms with E-state index in [9.17, 15) is 14.0 Å². The molecule has 0 saturated heterocycles. The van der Waals surface area contributed by atoms with Gasteiger partial charge in [0.15, 0.2) is 0 Å². The number of hydrogen-bond donors (Lipinski definition) is 0. The maximum absolute atomic E-state index is 14.0. The molecule has 4 rings (SSSR count). The Morgan fingerprint density at radius 2 is 1.64 bits per heavy atom. The zero-order valence-electron chi connectivity index (χ0n) is 23.3. The van der Waals surface area contributed by atoms with Crippen LogP contribution in [0.4, 0.5) is 15.0 Å². The number of pyridine rings is 1. The minimum atomic E-state index is -0.736. The van der Waals surface area contributed by atoms with Crippen LogP contribution in [0.5, 0.6) is 5.75 Å². The molecule has 0 aliphatic heterocycles. The van der Waals surface area contributed by atoms with Gasteiger partial charge in [-0.1, -0.05) is 56.3 Å². The Hall–Kier alpha value is -4.13. The number of anilines is 1. The summed E-state index contributed by atoms with van der Waals surface area (Å²) < 4.78 is 27.3. The Labute approximate surface area is 228 Å². The Morgan fingerprint density at radius 3 is 2.26 bits per heavy atom. The summed E-state index contributed by atoms with van der Waals surface area (Å²) in [7, 11) is 1.59. The predicted molar refractivity (Wildman–Crippen MR) is 154 cm³/mol. The van der Waals surface area contributed by atoms with E-state index in [4.69, 9.17) is 9.47 Å². The zero-order valence-corrected chi connectivity index (χ0v) is 23.3. The van der Waals surface area contributed by atoms with Crippen LogP contribution >= 0.6 is 0 Å². The second-order valence-electron chi connectivity index (χ2n) is 11.0. The molecular formula is C32H35FN2O4. The van der Waals surface area contributed by atoms with Crippen LogP contribution in [0.25, 0.3) is 21.9 Å². The summed E-state index contributed by atoms with van der Waals surface area (Å²) in [4.78, 5) is 28.6. The van der Waals surface area contributed by atoms with E-state index in [1.807, 2.05) is 50.2 Å². The van der Waals surface area contributed by atoms with Crippen LogP contribution in [0.1, 0.15) is 40.2 Å². The summed E-state index contributed by atoms with van der Waals surface area (Å²) >= 11 is 0. The SMILES string of the molecule is CC(C)Cn1c(N(C)C(=O)OC(C)(C)C)c(-c2ccc(F)cc2)c2cc(OCc3ccccc3)ccc2c1=O. The van der Waals surface area contributed by atoms with E-state index in [2.05, 4.69) is 0 Å². The molecule has 0 radical (unpaired) electrons. The van der Waals surface area contributed by atoms with Crippen molar-refractivity contribution in [3.05, 3.63) is 94.5 Å². The minimum absolute atomic E-state index is 0.112. The maximum atomic E-state index is 14.0. The first-order valence-electron chi connectivity index (χ1n) is 13.0. The Bertz CT molecular complexity index is 1520. The van der Waals surface area contributed by atoms with Gasteiger partial charge < -0.3 is 9.47 Å². The van der Waals surface area contributed by atoms with Gasteiger partial charge in [-0.2, -0.15) is 0 Å². The van der Waals surface area contributed by atoms with Crippen molar-refractivity contribution < 1.29 is 18.7 Å². The predicted octanol–water partition coefficient (Wildman–Crippen LogP) is 7.41. The third-order valence-corrected chi connectivity index (χ3v) is 6.13. The monoisotopic (exact) mass is 530 g/mol. The number of amides is 1. The van der Waals surface area contributed by atoms with Crippen molar-refractivity contribution in [3.63, 3.8) is 0 Å². The largest absolute Gasteiger partial charge is 0.489 e. The molecular weight excluding hydrogens is 495 g/mol. The molecule has 204 valence electrons. The molecule has 3 aromatic carbocycles. The second kappa shape index (κ2) is 11.3. The number of carbonyl (C=O) groups excluding carboxylic acids is 1. The van der Waals surface area contributed by atoms with Crippen molar-refractivity contribution in [1.82, 2.24) is 4.57 Å². The zero-order chi connectivity index (χ0) is 28.3. The average molecular weight is 531 g/mol. The smallest absolute Gasteiger partial charge is 0.415 e. The lowest BCUT2D eigenvalue weighted by Crippen LogP contribution is -2.38. The molecule has 4 aromatic rings. The highest BCUT2D eigenvalue weighted by molar-refractivity contribution is 6.05. The molecule has 1 heterocycles. The number of benzene rings is 3. The Balaban J connectivity index is 1.98. The van der Waals surface area contributed by atoms with Crippen molar-refractivity contribution >= 4 is 22.7 Å². The van der Waals surface area contributed by atoms with Crippen LogP contribution in [0.2, 0.25) is 0 Å². The molecule has 0 saturated carbocycles. The lowest BCUT2D eigenvalue weighted by Gasteiger charge is -2.29. The first-order valence-corrected chi connectivity index (χ1v) is 13.0. The van der Waals surface area contributed by atoms with Gasteiger partial charge in [0.2, 0.25) is 0 Å². The fourth-order valence-electron chi connectivity index (χ4n) is 4.45. The molecule has 0 fully saturated rings. The van der Waals surface area contributed by atoms with E-state index in [-0.39, 0.29) is 17.3 Å². The molecule has 0 bridgehead atoms. The quantitative estimate of drug-likeness (QED) is 0.250. The number of hydrogen-bond acceptors (Lipinski definition) is 4. The van der Waals surface area contributed by atoms with E-state index >= 15 is 0 Å². The Kier molecular flexibility index (Phi) is 8.09. The van der Waals surface area contributed by atoms with Gasteiger partial charge in [0.05, 0.1) is 0 Å².